The van der Waals surface area contributed by atoms with Gasteiger partial charge in [-0.15, -0.1) is 0 Å². The molecule has 0 amide bonds. The Morgan fingerprint density at radius 1 is 1.20 bits per heavy atom. The molecular weight excluding hydrogens is 248 g/mol. The van der Waals surface area contributed by atoms with Crippen LogP contribution in [0.15, 0.2) is 0 Å². The van der Waals surface area contributed by atoms with E-state index in [2.05, 4.69) is 37.9 Å². The number of hydrogen-bond acceptors (Lipinski definition) is 3. The van der Waals surface area contributed by atoms with E-state index in [0.717, 1.165) is 31.7 Å². The summed E-state index contributed by atoms with van der Waals surface area (Å²) in [6.07, 6.45) is 5.21. The van der Waals surface area contributed by atoms with Gasteiger partial charge in [0, 0.05) is 38.4 Å². The number of hydrogen-bond donors (Lipinski definition) is 1. The summed E-state index contributed by atoms with van der Waals surface area (Å²) in [6.45, 7) is 14.9. The largest absolute Gasteiger partial charge is 0.381 e. The average molecular weight is 282 g/mol. The first-order chi connectivity index (χ1) is 9.52. The van der Waals surface area contributed by atoms with Crippen molar-refractivity contribution in [2.45, 2.75) is 65.5 Å². The van der Waals surface area contributed by atoms with Crippen molar-refractivity contribution >= 4 is 0 Å². The van der Waals surface area contributed by atoms with E-state index in [9.17, 15) is 0 Å². The Hall–Kier alpha value is -0.120. The summed E-state index contributed by atoms with van der Waals surface area (Å²) in [5.74, 6) is 0.785. The van der Waals surface area contributed by atoms with Crippen molar-refractivity contribution in [1.82, 2.24) is 10.2 Å². The summed E-state index contributed by atoms with van der Waals surface area (Å²) in [4.78, 5) is 2.78. The maximum Gasteiger partial charge on any atom is 0.0472 e. The number of likely N-dealkylation sites (tertiary alicyclic amines) is 1. The molecule has 2 fully saturated rings. The number of rotatable bonds is 6. The normalized spacial score (nSPS) is 27.6. The van der Waals surface area contributed by atoms with Crippen LogP contribution in [0.2, 0.25) is 0 Å². The first-order valence-electron chi connectivity index (χ1n) is 8.58. The van der Waals surface area contributed by atoms with Gasteiger partial charge in [-0.25, -0.2) is 0 Å². The third-order valence-corrected chi connectivity index (χ3v) is 5.16. The van der Waals surface area contributed by atoms with Gasteiger partial charge in [0.1, 0.15) is 0 Å². The van der Waals surface area contributed by atoms with E-state index in [1.165, 1.54) is 38.8 Å². The summed E-state index contributed by atoms with van der Waals surface area (Å²) in [5, 5.41) is 3.69. The molecule has 20 heavy (non-hydrogen) atoms. The molecule has 0 aromatic carbocycles. The fraction of sp³-hybridized carbons (Fsp3) is 1.00. The van der Waals surface area contributed by atoms with Crippen molar-refractivity contribution in [3.8, 4) is 0 Å². The first kappa shape index (κ1) is 16.3. The predicted octanol–water partition coefficient (Wildman–Crippen LogP) is 2.90. The number of nitrogens with one attached hydrogen (secondary N) is 1. The second-order valence-electron chi connectivity index (χ2n) is 7.57. The van der Waals surface area contributed by atoms with Crippen LogP contribution in [0.5, 0.6) is 0 Å². The molecule has 0 spiro atoms. The highest BCUT2D eigenvalue weighted by molar-refractivity contribution is 4.92. The zero-order valence-electron chi connectivity index (χ0n) is 14.0. The van der Waals surface area contributed by atoms with Crippen LogP contribution in [0.4, 0.5) is 0 Å². The zero-order chi connectivity index (χ0) is 14.6. The summed E-state index contributed by atoms with van der Waals surface area (Å²) >= 11 is 0. The Kier molecular flexibility index (Phi) is 5.88. The fourth-order valence-electron chi connectivity index (χ4n) is 3.85. The Morgan fingerprint density at radius 2 is 1.90 bits per heavy atom. The molecular formula is C17H34N2O. The van der Waals surface area contributed by atoms with Crippen molar-refractivity contribution in [2.24, 2.45) is 11.3 Å². The SMILES string of the molecule is CC(C)NCC1(CN2CCCC2C(C)C)CCOCC1. The molecule has 0 aromatic heterocycles. The number of nitrogens with zero attached hydrogens (tertiary/aromatic N) is 1. The summed E-state index contributed by atoms with van der Waals surface area (Å²) < 4.78 is 5.62. The highest BCUT2D eigenvalue weighted by Crippen LogP contribution is 2.35. The molecule has 3 heteroatoms. The highest BCUT2D eigenvalue weighted by Gasteiger charge is 2.38. The molecule has 1 atom stereocenters. The summed E-state index contributed by atoms with van der Waals surface area (Å²) in [6, 6.07) is 1.38. The monoisotopic (exact) mass is 282 g/mol. The summed E-state index contributed by atoms with van der Waals surface area (Å²) in [5.41, 5.74) is 0.431. The van der Waals surface area contributed by atoms with Crippen LogP contribution in [0.25, 0.3) is 0 Å². The van der Waals surface area contributed by atoms with Gasteiger partial charge in [0.05, 0.1) is 0 Å². The van der Waals surface area contributed by atoms with Gasteiger partial charge < -0.3 is 10.1 Å². The van der Waals surface area contributed by atoms with Gasteiger partial charge in [0.2, 0.25) is 0 Å². The second kappa shape index (κ2) is 7.24. The van der Waals surface area contributed by atoms with Crippen molar-refractivity contribution < 1.29 is 4.74 Å². The van der Waals surface area contributed by atoms with Crippen LogP contribution >= 0.6 is 0 Å². The van der Waals surface area contributed by atoms with Gasteiger partial charge in [-0.1, -0.05) is 27.7 Å². The van der Waals surface area contributed by atoms with Crippen LogP contribution in [-0.4, -0.2) is 49.8 Å². The topological polar surface area (TPSA) is 24.5 Å². The minimum absolute atomic E-state index is 0.431. The molecule has 1 N–H and O–H groups in total. The quantitative estimate of drug-likeness (QED) is 0.811. The molecule has 0 bridgehead atoms. The lowest BCUT2D eigenvalue weighted by molar-refractivity contribution is -0.0101. The van der Waals surface area contributed by atoms with Gasteiger partial charge in [0.25, 0.3) is 0 Å². The molecule has 0 saturated carbocycles. The van der Waals surface area contributed by atoms with Gasteiger partial charge in [-0.2, -0.15) is 0 Å². The lowest BCUT2D eigenvalue weighted by Gasteiger charge is -2.43. The van der Waals surface area contributed by atoms with E-state index < -0.39 is 0 Å². The third-order valence-electron chi connectivity index (χ3n) is 5.16. The van der Waals surface area contributed by atoms with Crippen molar-refractivity contribution in [3.05, 3.63) is 0 Å². The second-order valence-corrected chi connectivity index (χ2v) is 7.57. The minimum Gasteiger partial charge on any atom is -0.381 e. The molecule has 0 radical (unpaired) electrons. The Labute approximate surface area is 125 Å². The molecule has 2 aliphatic rings. The molecule has 118 valence electrons. The standard InChI is InChI=1S/C17H34N2O/c1-14(2)16-6-5-9-19(16)13-17(12-18-15(3)4)7-10-20-11-8-17/h14-16,18H,5-13H2,1-4H3. The van der Waals surface area contributed by atoms with Crippen LogP contribution in [0.1, 0.15) is 53.4 Å². The zero-order valence-corrected chi connectivity index (χ0v) is 14.0. The lowest BCUT2D eigenvalue weighted by atomic mass is 9.79. The maximum absolute atomic E-state index is 5.62. The summed E-state index contributed by atoms with van der Waals surface area (Å²) in [7, 11) is 0. The van der Waals surface area contributed by atoms with E-state index in [0.29, 0.717) is 11.5 Å². The van der Waals surface area contributed by atoms with Crippen LogP contribution < -0.4 is 5.32 Å². The van der Waals surface area contributed by atoms with Crippen LogP contribution in [0.3, 0.4) is 0 Å². The molecule has 2 aliphatic heterocycles. The number of ether oxygens (including phenoxy) is 1. The van der Waals surface area contributed by atoms with Crippen LogP contribution in [0, 0.1) is 11.3 Å². The smallest absolute Gasteiger partial charge is 0.0472 e. The van der Waals surface area contributed by atoms with E-state index in [-0.39, 0.29) is 0 Å². The van der Waals surface area contributed by atoms with Gasteiger partial charge >= 0.3 is 0 Å². The van der Waals surface area contributed by atoms with Gasteiger partial charge in [0.15, 0.2) is 0 Å². The van der Waals surface area contributed by atoms with E-state index in [1.807, 2.05) is 0 Å². The Bertz CT molecular complexity index is 285. The first-order valence-corrected chi connectivity index (χ1v) is 8.58. The Balaban J connectivity index is 1.99. The molecule has 1 unspecified atom stereocenters. The minimum atomic E-state index is 0.431. The third kappa shape index (κ3) is 4.19. The van der Waals surface area contributed by atoms with Crippen LogP contribution in [-0.2, 0) is 4.74 Å². The molecule has 2 saturated heterocycles. The van der Waals surface area contributed by atoms with E-state index in [4.69, 9.17) is 4.74 Å². The molecule has 2 rings (SSSR count). The van der Waals surface area contributed by atoms with Crippen molar-refractivity contribution in [2.75, 3.05) is 32.8 Å². The molecule has 0 aliphatic carbocycles. The maximum atomic E-state index is 5.62. The Morgan fingerprint density at radius 3 is 2.50 bits per heavy atom. The van der Waals surface area contributed by atoms with Crippen molar-refractivity contribution in [1.29, 1.82) is 0 Å². The van der Waals surface area contributed by atoms with Gasteiger partial charge in [-0.05, 0) is 43.6 Å². The van der Waals surface area contributed by atoms with Crippen molar-refractivity contribution in [3.63, 3.8) is 0 Å². The fourth-order valence-corrected chi connectivity index (χ4v) is 3.85. The predicted molar refractivity (Wildman–Crippen MR) is 85.1 cm³/mol. The average Bonchev–Trinajstić information content (AvgIpc) is 2.86. The molecule has 3 nitrogen and oxygen atoms in total. The lowest BCUT2D eigenvalue weighted by Crippen LogP contribution is -2.50. The molecule has 0 aromatic rings. The highest BCUT2D eigenvalue weighted by atomic mass is 16.5. The molecule has 2 heterocycles. The van der Waals surface area contributed by atoms with Gasteiger partial charge in [-0.3, -0.25) is 4.90 Å². The van der Waals surface area contributed by atoms with E-state index >= 15 is 0 Å². The van der Waals surface area contributed by atoms with E-state index in [1.54, 1.807) is 0 Å².